The summed E-state index contributed by atoms with van der Waals surface area (Å²) in [5.41, 5.74) is 0. The van der Waals surface area contributed by atoms with Crippen LogP contribution in [0.3, 0.4) is 0 Å². The van der Waals surface area contributed by atoms with E-state index < -0.39 is 0 Å². The molecule has 0 aromatic carbocycles. The SMILES string of the molecule is CNc1nc(Cl)nc(Sc2nnnn2C2CCCC2)n1. The van der Waals surface area contributed by atoms with Crippen molar-refractivity contribution >= 4 is 29.3 Å². The molecule has 0 amide bonds. The summed E-state index contributed by atoms with van der Waals surface area (Å²) in [6.45, 7) is 0. The van der Waals surface area contributed by atoms with E-state index in [0.717, 1.165) is 12.8 Å². The van der Waals surface area contributed by atoms with Gasteiger partial charge in [-0.2, -0.15) is 15.0 Å². The lowest BCUT2D eigenvalue weighted by atomic mass is 10.3. The predicted molar refractivity (Wildman–Crippen MR) is 73.8 cm³/mol. The molecule has 0 atom stereocenters. The Balaban J connectivity index is 1.84. The topological polar surface area (TPSA) is 94.3 Å². The third-order valence-electron chi connectivity index (χ3n) is 3.13. The van der Waals surface area contributed by atoms with Crippen LogP contribution >= 0.6 is 23.4 Å². The second-order valence-electron chi connectivity index (χ2n) is 4.41. The molecule has 20 heavy (non-hydrogen) atoms. The third-order valence-corrected chi connectivity index (χ3v) is 4.11. The van der Waals surface area contributed by atoms with E-state index in [1.54, 1.807) is 7.05 Å². The van der Waals surface area contributed by atoms with Gasteiger partial charge in [-0.1, -0.05) is 12.8 Å². The molecule has 0 saturated heterocycles. The number of halogens is 1. The maximum Gasteiger partial charge on any atom is 0.228 e. The summed E-state index contributed by atoms with van der Waals surface area (Å²) < 4.78 is 1.86. The number of tetrazole rings is 1. The van der Waals surface area contributed by atoms with Crippen molar-refractivity contribution in [2.75, 3.05) is 12.4 Å². The highest BCUT2D eigenvalue weighted by molar-refractivity contribution is 7.99. The zero-order valence-corrected chi connectivity index (χ0v) is 12.4. The molecule has 1 aliphatic carbocycles. The highest BCUT2D eigenvalue weighted by Gasteiger charge is 2.22. The summed E-state index contributed by atoms with van der Waals surface area (Å²) in [5.74, 6) is 0.424. The van der Waals surface area contributed by atoms with Gasteiger partial charge in [-0.05, 0) is 46.6 Å². The van der Waals surface area contributed by atoms with E-state index in [1.807, 2.05) is 4.68 Å². The Kier molecular flexibility index (Phi) is 3.97. The van der Waals surface area contributed by atoms with Crippen LogP contribution in [0.2, 0.25) is 5.28 Å². The fraction of sp³-hybridized carbons (Fsp3) is 0.600. The van der Waals surface area contributed by atoms with E-state index in [1.165, 1.54) is 24.6 Å². The highest BCUT2D eigenvalue weighted by atomic mass is 35.5. The minimum Gasteiger partial charge on any atom is -0.357 e. The van der Waals surface area contributed by atoms with Gasteiger partial charge in [0.25, 0.3) is 0 Å². The Bertz CT molecular complexity index is 597. The van der Waals surface area contributed by atoms with E-state index in [-0.39, 0.29) is 5.28 Å². The molecule has 106 valence electrons. The van der Waals surface area contributed by atoms with E-state index >= 15 is 0 Å². The molecule has 0 bridgehead atoms. The summed E-state index contributed by atoms with van der Waals surface area (Å²) in [5, 5.41) is 16.0. The lowest BCUT2D eigenvalue weighted by molar-refractivity contribution is 0.423. The van der Waals surface area contributed by atoms with Crippen molar-refractivity contribution < 1.29 is 0 Å². The average molecular weight is 313 g/mol. The summed E-state index contributed by atoms with van der Waals surface area (Å²) in [4.78, 5) is 12.3. The fourth-order valence-corrected chi connectivity index (χ4v) is 3.20. The summed E-state index contributed by atoms with van der Waals surface area (Å²) in [6.07, 6.45) is 4.66. The molecule has 0 radical (unpaired) electrons. The van der Waals surface area contributed by atoms with Crippen LogP contribution in [-0.4, -0.2) is 42.2 Å². The van der Waals surface area contributed by atoms with E-state index in [9.17, 15) is 0 Å². The molecule has 0 aliphatic heterocycles. The van der Waals surface area contributed by atoms with Crippen LogP contribution in [0, 0.1) is 0 Å². The Morgan fingerprint density at radius 1 is 1.25 bits per heavy atom. The largest absolute Gasteiger partial charge is 0.357 e. The molecular formula is C10H13ClN8S. The van der Waals surface area contributed by atoms with Crippen LogP contribution in [0.4, 0.5) is 5.95 Å². The van der Waals surface area contributed by atoms with E-state index in [4.69, 9.17) is 11.6 Å². The Morgan fingerprint density at radius 2 is 2.05 bits per heavy atom. The van der Waals surface area contributed by atoms with E-state index in [2.05, 4.69) is 35.8 Å². The molecule has 2 heterocycles. The monoisotopic (exact) mass is 312 g/mol. The number of nitrogens with one attached hydrogen (secondary N) is 1. The summed E-state index contributed by atoms with van der Waals surface area (Å²) in [7, 11) is 1.72. The first-order chi connectivity index (χ1) is 9.76. The van der Waals surface area contributed by atoms with Gasteiger partial charge in [0.15, 0.2) is 0 Å². The molecule has 3 rings (SSSR count). The van der Waals surface area contributed by atoms with Crippen molar-refractivity contribution in [1.29, 1.82) is 0 Å². The zero-order chi connectivity index (χ0) is 13.9. The molecule has 1 fully saturated rings. The lowest BCUT2D eigenvalue weighted by Gasteiger charge is -2.10. The van der Waals surface area contributed by atoms with Crippen molar-refractivity contribution in [3.8, 4) is 0 Å². The maximum atomic E-state index is 5.86. The molecule has 0 unspecified atom stereocenters. The lowest BCUT2D eigenvalue weighted by Crippen LogP contribution is -2.08. The van der Waals surface area contributed by atoms with Crippen molar-refractivity contribution in [3.63, 3.8) is 0 Å². The van der Waals surface area contributed by atoms with Crippen LogP contribution in [-0.2, 0) is 0 Å². The standard InChI is InChI=1S/C10H13ClN8S/c1-12-8-13-7(11)14-9(15-8)20-10-16-17-18-19(10)6-4-2-3-5-6/h6H,2-5H2,1H3,(H,12,13,14,15). The quantitative estimate of drug-likeness (QED) is 0.913. The first kappa shape index (κ1) is 13.5. The second kappa shape index (κ2) is 5.88. The number of hydrogen-bond donors (Lipinski definition) is 1. The van der Waals surface area contributed by atoms with Crippen LogP contribution in [0.1, 0.15) is 31.7 Å². The van der Waals surface area contributed by atoms with Gasteiger partial charge in [-0.25, -0.2) is 4.68 Å². The smallest absolute Gasteiger partial charge is 0.228 e. The van der Waals surface area contributed by atoms with Gasteiger partial charge in [0.05, 0.1) is 6.04 Å². The number of hydrogen-bond acceptors (Lipinski definition) is 8. The number of nitrogens with zero attached hydrogens (tertiary/aromatic N) is 7. The molecule has 1 saturated carbocycles. The van der Waals surface area contributed by atoms with Gasteiger partial charge in [-0.15, -0.1) is 5.10 Å². The molecule has 2 aromatic heterocycles. The van der Waals surface area contributed by atoms with Gasteiger partial charge < -0.3 is 5.32 Å². The molecular weight excluding hydrogens is 300 g/mol. The van der Waals surface area contributed by atoms with Crippen LogP contribution in [0.5, 0.6) is 0 Å². The second-order valence-corrected chi connectivity index (χ2v) is 5.68. The van der Waals surface area contributed by atoms with Crippen LogP contribution in [0.15, 0.2) is 10.3 Å². The number of aromatic nitrogens is 7. The fourth-order valence-electron chi connectivity index (χ4n) is 2.20. The molecule has 10 heteroatoms. The molecule has 1 aliphatic rings. The first-order valence-electron chi connectivity index (χ1n) is 6.31. The van der Waals surface area contributed by atoms with Crippen LogP contribution in [0.25, 0.3) is 0 Å². The van der Waals surface area contributed by atoms with Crippen molar-refractivity contribution in [3.05, 3.63) is 5.28 Å². The molecule has 8 nitrogen and oxygen atoms in total. The number of anilines is 1. The predicted octanol–water partition coefficient (Wildman–Crippen LogP) is 1.82. The van der Waals surface area contributed by atoms with Gasteiger partial charge in [-0.3, -0.25) is 0 Å². The van der Waals surface area contributed by atoms with Gasteiger partial charge in [0.1, 0.15) is 0 Å². The van der Waals surface area contributed by atoms with E-state index in [0.29, 0.717) is 22.3 Å². The zero-order valence-electron chi connectivity index (χ0n) is 10.8. The highest BCUT2D eigenvalue weighted by Crippen LogP contribution is 2.33. The first-order valence-corrected chi connectivity index (χ1v) is 7.51. The number of rotatable bonds is 4. The third kappa shape index (κ3) is 2.83. The average Bonchev–Trinajstić information content (AvgIpc) is 3.08. The molecule has 0 spiro atoms. The summed E-state index contributed by atoms with van der Waals surface area (Å²) in [6, 6.07) is 0.369. The van der Waals surface area contributed by atoms with Gasteiger partial charge in [0.2, 0.25) is 21.5 Å². The van der Waals surface area contributed by atoms with Crippen molar-refractivity contribution in [1.82, 2.24) is 35.2 Å². The molecule has 1 N–H and O–H groups in total. The Labute approximate surface area is 124 Å². The minimum atomic E-state index is 0.145. The normalized spacial score (nSPS) is 15.7. The van der Waals surface area contributed by atoms with Gasteiger partial charge >= 0.3 is 0 Å². The van der Waals surface area contributed by atoms with Crippen molar-refractivity contribution in [2.45, 2.75) is 42.0 Å². The maximum absolute atomic E-state index is 5.86. The van der Waals surface area contributed by atoms with Crippen LogP contribution < -0.4 is 5.32 Å². The van der Waals surface area contributed by atoms with Crippen molar-refractivity contribution in [2.24, 2.45) is 0 Å². The van der Waals surface area contributed by atoms with Gasteiger partial charge in [0, 0.05) is 7.05 Å². The molecule has 2 aromatic rings. The Hall–Kier alpha value is -1.48. The summed E-state index contributed by atoms with van der Waals surface area (Å²) >= 11 is 7.15. The minimum absolute atomic E-state index is 0.145. The Morgan fingerprint density at radius 3 is 2.80 bits per heavy atom.